The first-order valence-electron chi connectivity index (χ1n) is 7.71. The molecule has 0 saturated carbocycles. The Kier molecular flexibility index (Phi) is 3.91. The van der Waals surface area contributed by atoms with Crippen LogP contribution in [0.5, 0.6) is 0 Å². The van der Waals surface area contributed by atoms with E-state index in [1.165, 1.54) is 16.4 Å². The van der Waals surface area contributed by atoms with Crippen molar-refractivity contribution in [3.63, 3.8) is 0 Å². The van der Waals surface area contributed by atoms with Gasteiger partial charge in [-0.3, -0.25) is 8.99 Å². The van der Waals surface area contributed by atoms with Crippen LogP contribution in [0.4, 0.5) is 10.1 Å². The first kappa shape index (κ1) is 16.0. The van der Waals surface area contributed by atoms with Gasteiger partial charge in [0.2, 0.25) is 0 Å². The minimum absolute atomic E-state index is 0.178. The molecule has 3 rings (SSSR count). The number of sulfonamides is 1. The van der Waals surface area contributed by atoms with Crippen LogP contribution in [0.2, 0.25) is 0 Å². The van der Waals surface area contributed by atoms with Gasteiger partial charge in [-0.05, 0) is 57.4 Å². The molecular formula is C16H20FN3O2S. The average Bonchev–Trinajstić information content (AvgIpc) is 2.89. The van der Waals surface area contributed by atoms with Crippen molar-refractivity contribution in [3.05, 3.63) is 41.5 Å². The molecule has 0 saturated heterocycles. The highest BCUT2D eigenvalue weighted by Crippen LogP contribution is 2.36. The predicted octanol–water partition coefficient (Wildman–Crippen LogP) is 2.88. The number of fused-ring (bicyclic) bond motifs is 1. The van der Waals surface area contributed by atoms with Crippen LogP contribution >= 0.6 is 0 Å². The third kappa shape index (κ3) is 2.63. The molecule has 1 aliphatic heterocycles. The minimum Gasteiger partial charge on any atom is -0.271 e. The summed E-state index contributed by atoms with van der Waals surface area (Å²) in [4.78, 5) is 0.211. The van der Waals surface area contributed by atoms with E-state index in [0.29, 0.717) is 30.8 Å². The molecule has 1 aromatic heterocycles. The summed E-state index contributed by atoms with van der Waals surface area (Å²) < 4.78 is 42.8. The highest BCUT2D eigenvalue weighted by molar-refractivity contribution is 7.93. The summed E-state index contributed by atoms with van der Waals surface area (Å²) in [7, 11) is -3.73. The third-order valence-corrected chi connectivity index (χ3v) is 6.30. The Morgan fingerprint density at radius 2 is 2.13 bits per heavy atom. The lowest BCUT2D eigenvalue weighted by atomic mass is 9.99. The fourth-order valence-electron chi connectivity index (χ4n) is 3.08. The molecule has 0 amide bonds. The molecule has 1 aliphatic rings. The molecule has 124 valence electrons. The molecule has 0 aliphatic carbocycles. The van der Waals surface area contributed by atoms with Crippen molar-refractivity contribution in [2.24, 2.45) is 0 Å². The van der Waals surface area contributed by atoms with E-state index in [9.17, 15) is 12.8 Å². The highest BCUT2D eigenvalue weighted by Gasteiger charge is 2.35. The van der Waals surface area contributed by atoms with Gasteiger partial charge in [-0.1, -0.05) is 0 Å². The van der Waals surface area contributed by atoms with E-state index in [1.807, 2.05) is 13.8 Å². The van der Waals surface area contributed by atoms with Crippen molar-refractivity contribution in [1.29, 1.82) is 0 Å². The van der Waals surface area contributed by atoms with Gasteiger partial charge in [0.05, 0.1) is 11.4 Å². The molecule has 0 spiro atoms. The van der Waals surface area contributed by atoms with Gasteiger partial charge in [-0.25, -0.2) is 12.8 Å². The Labute approximate surface area is 135 Å². The summed E-state index contributed by atoms with van der Waals surface area (Å²) in [5.74, 6) is -0.342. The summed E-state index contributed by atoms with van der Waals surface area (Å²) in [6, 6.07) is 4.10. The van der Waals surface area contributed by atoms with Crippen molar-refractivity contribution < 1.29 is 12.8 Å². The van der Waals surface area contributed by atoms with Crippen LogP contribution in [0.15, 0.2) is 29.3 Å². The molecule has 1 aromatic carbocycles. The molecule has 5 nitrogen and oxygen atoms in total. The molecular weight excluding hydrogens is 317 g/mol. The van der Waals surface area contributed by atoms with Crippen LogP contribution in [0, 0.1) is 12.7 Å². The number of benzene rings is 1. The molecule has 0 fully saturated rings. The topological polar surface area (TPSA) is 55.2 Å². The summed E-state index contributed by atoms with van der Waals surface area (Å²) in [6.07, 6.45) is 2.90. The molecule has 0 bridgehead atoms. The number of anilines is 1. The second kappa shape index (κ2) is 5.63. The lowest BCUT2D eigenvalue weighted by molar-refractivity contribution is 0.559. The number of aromatic nitrogens is 2. The van der Waals surface area contributed by atoms with Gasteiger partial charge in [-0.2, -0.15) is 5.10 Å². The van der Waals surface area contributed by atoms with Crippen molar-refractivity contribution in [1.82, 2.24) is 9.78 Å². The van der Waals surface area contributed by atoms with Crippen molar-refractivity contribution in [2.75, 3.05) is 4.31 Å². The molecule has 1 unspecified atom stereocenters. The lowest BCUT2D eigenvalue weighted by Gasteiger charge is -2.35. The molecule has 23 heavy (non-hydrogen) atoms. The zero-order valence-electron chi connectivity index (χ0n) is 13.5. The van der Waals surface area contributed by atoms with E-state index in [1.54, 1.807) is 23.9 Å². The quantitative estimate of drug-likeness (QED) is 0.865. The van der Waals surface area contributed by atoms with E-state index in [0.717, 1.165) is 5.56 Å². The van der Waals surface area contributed by atoms with Crippen LogP contribution in [-0.2, 0) is 23.0 Å². The van der Waals surface area contributed by atoms with Crippen LogP contribution in [0.1, 0.15) is 31.5 Å². The number of halogens is 1. The smallest absolute Gasteiger partial charge is 0.267 e. The maximum atomic E-state index is 13.5. The van der Waals surface area contributed by atoms with Gasteiger partial charge >= 0.3 is 0 Å². The number of aryl methyl sites for hydroxylation is 3. The van der Waals surface area contributed by atoms with Gasteiger partial charge < -0.3 is 0 Å². The Balaban J connectivity index is 2.14. The molecule has 0 N–H and O–H groups in total. The molecule has 1 atom stereocenters. The van der Waals surface area contributed by atoms with Gasteiger partial charge in [-0.15, -0.1) is 0 Å². The summed E-state index contributed by atoms with van der Waals surface area (Å²) in [5, 5.41) is 4.24. The van der Waals surface area contributed by atoms with E-state index in [-0.39, 0.29) is 16.8 Å². The fraction of sp³-hybridized carbons (Fsp3) is 0.438. The summed E-state index contributed by atoms with van der Waals surface area (Å²) in [5.41, 5.74) is 1.77. The Hall–Kier alpha value is -1.89. The predicted molar refractivity (Wildman–Crippen MR) is 86.5 cm³/mol. The third-order valence-electron chi connectivity index (χ3n) is 4.27. The van der Waals surface area contributed by atoms with Crippen molar-refractivity contribution >= 4 is 15.7 Å². The Morgan fingerprint density at radius 3 is 2.78 bits per heavy atom. The Bertz CT molecular complexity index is 845. The van der Waals surface area contributed by atoms with E-state index in [2.05, 4.69) is 5.10 Å². The van der Waals surface area contributed by atoms with Gasteiger partial charge in [0.25, 0.3) is 10.0 Å². The number of nitrogens with zero attached hydrogens (tertiary/aromatic N) is 3. The van der Waals surface area contributed by atoms with Crippen LogP contribution < -0.4 is 4.31 Å². The largest absolute Gasteiger partial charge is 0.271 e. The van der Waals surface area contributed by atoms with Gasteiger partial charge in [0, 0.05) is 18.8 Å². The van der Waals surface area contributed by atoms with Gasteiger partial charge in [0.1, 0.15) is 10.7 Å². The SMILES string of the molecule is CCn1cc(S(=O)(=O)N2c3ccc(F)cc3CCC2C)c(C)n1. The number of hydrogen-bond acceptors (Lipinski definition) is 3. The lowest BCUT2D eigenvalue weighted by Crippen LogP contribution is -2.42. The van der Waals surface area contributed by atoms with E-state index < -0.39 is 10.0 Å². The highest BCUT2D eigenvalue weighted by atomic mass is 32.2. The zero-order chi connectivity index (χ0) is 16.8. The van der Waals surface area contributed by atoms with Crippen LogP contribution in [0.25, 0.3) is 0 Å². The van der Waals surface area contributed by atoms with Crippen molar-refractivity contribution in [2.45, 2.75) is 51.1 Å². The zero-order valence-corrected chi connectivity index (χ0v) is 14.3. The normalized spacial score (nSPS) is 18.1. The summed E-state index contributed by atoms with van der Waals surface area (Å²) >= 11 is 0. The first-order valence-corrected chi connectivity index (χ1v) is 9.15. The standard InChI is InChI=1S/C16H20FN3O2S/c1-4-19-10-16(12(3)18-19)23(21,22)20-11(2)5-6-13-9-14(17)7-8-15(13)20/h7-11H,4-6H2,1-3H3. The monoisotopic (exact) mass is 337 g/mol. The second-order valence-corrected chi connectivity index (χ2v) is 7.68. The molecule has 2 heterocycles. The Morgan fingerprint density at radius 1 is 1.39 bits per heavy atom. The van der Waals surface area contributed by atoms with Crippen LogP contribution in [0.3, 0.4) is 0 Å². The van der Waals surface area contributed by atoms with Gasteiger partial charge in [0.15, 0.2) is 0 Å². The maximum Gasteiger partial charge on any atom is 0.267 e. The van der Waals surface area contributed by atoms with E-state index >= 15 is 0 Å². The van der Waals surface area contributed by atoms with E-state index in [4.69, 9.17) is 0 Å². The number of rotatable bonds is 3. The molecule has 7 heteroatoms. The average molecular weight is 337 g/mol. The van der Waals surface area contributed by atoms with Crippen molar-refractivity contribution in [3.8, 4) is 0 Å². The first-order chi connectivity index (χ1) is 10.8. The molecule has 2 aromatic rings. The number of hydrogen-bond donors (Lipinski definition) is 0. The molecule has 0 radical (unpaired) electrons. The fourth-order valence-corrected chi connectivity index (χ4v) is 4.97. The maximum absolute atomic E-state index is 13.5. The van der Waals surface area contributed by atoms with Crippen LogP contribution in [-0.4, -0.2) is 24.2 Å². The minimum atomic E-state index is -3.73. The second-order valence-electron chi connectivity index (χ2n) is 5.90. The summed E-state index contributed by atoms with van der Waals surface area (Å²) in [6.45, 7) is 6.08.